The predicted octanol–water partition coefficient (Wildman–Crippen LogP) is 2.62. The number of piperidine rings is 1. The van der Waals surface area contributed by atoms with Crippen LogP contribution in [-0.4, -0.2) is 58.3 Å². The average molecular weight is 437 g/mol. The van der Waals surface area contributed by atoms with Gasteiger partial charge in [-0.2, -0.15) is 0 Å². The fourth-order valence-corrected chi connectivity index (χ4v) is 4.81. The first-order valence-corrected chi connectivity index (χ1v) is 10.1. The van der Waals surface area contributed by atoms with E-state index < -0.39 is 0 Å². The van der Waals surface area contributed by atoms with Gasteiger partial charge in [-0.3, -0.25) is 14.5 Å². The van der Waals surface area contributed by atoms with E-state index in [4.69, 9.17) is 5.73 Å². The number of H-pyrrole nitrogens is 1. The Kier molecular flexibility index (Phi) is 4.94. The number of benzene rings is 1. The van der Waals surface area contributed by atoms with Gasteiger partial charge in [-0.05, 0) is 50.4 Å². The van der Waals surface area contributed by atoms with Crippen LogP contribution in [-0.2, 0) is 4.79 Å². The Morgan fingerprint density at radius 1 is 1.15 bits per heavy atom. The zero-order valence-electron chi connectivity index (χ0n) is 14.9. The Bertz CT molecular complexity index is 891. The Labute approximate surface area is 165 Å². The Morgan fingerprint density at radius 2 is 1.89 bits per heavy atom. The average Bonchev–Trinajstić information content (AvgIpc) is 3.28. The van der Waals surface area contributed by atoms with Crippen LogP contribution in [0.4, 0.5) is 4.39 Å². The standard InChI is InChI=1S/C19H22BrFN4O2/c20-11-8-14(21)13-10-16(23-15(13)9-11)19(27)24-6-3-12(4-7-24)25-5-1-2-17(25)18(22)26/h8-10,12,17,23H,1-7H2,(H2,22,26). The highest BCUT2D eigenvalue weighted by Gasteiger charge is 2.36. The van der Waals surface area contributed by atoms with Crippen LogP contribution < -0.4 is 5.73 Å². The van der Waals surface area contributed by atoms with Crippen molar-refractivity contribution in [2.24, 2.45) is 5.73 Å². The molecule has 2 aliphatic heterocycles. The van der Waals surface area contributed by atoms with Crippen LogP contribution in [0.2, 0.25) is 0 Å². The summed E-state index contributed by atoms with van der Waals surface area (Å²) in [7, 11) is 0. The molecule has 27 heavy (non-hydrogen) atoms. The van der Waals surface area contributed by atoms with Gasteiger partial charge < -0.3 is 15.6 Å². The van der Waals surface area contributed by atoms with E-state index in [0.717, 1.165) is 32.2 Å². The van der Waals surface area contributed by atoms with Crippen molar-refractivity contribution in [2.75, 3.05) is 19.6 Å². The van der Waals surface area contributed by atoms with Crippen molar-refractivity contribution in [1.82, 2.24) is 14.8 Å². The van der Waals surface area contributed by atoms with Crippen LogP contribution >= 0.6 is 15.9 Å². The Hall–Kier alpha value is -1.93. The first kappa shape index (κ1) is 18.4. The van der Waals surface area contributed by atoms with Crippen LogP contribution in [0.5, 0.6) is 0 Å². The summed E-state index contributed by atoms with van der Waals surface area (Å²) < 4.78 is 14.7. The number of carbonyl (C=O) groups is 2. The summed E-state index contributed by atoms with van der Waals surface area (Å²) in [5.74, 6) is -0.731. The van der Waals surface area contributed by atoms with E-state index in [9.17, 15) is 14.0 Å². The number of aromatic amines is 1. The summed E-state index contributed by atoms with van der Waals surface area (Å²) >= 11 is 3.27. The van der Waals surface area contributed by atoms with Gasteiger partial charge in [0.25, 0.3) is 5.91 Å². The summed E-state index contributed by atoms with van der Waals surface area (Å²) in [6, 6.07) is 4.84. The topological polar surface area (TPSA) is 82.4 Å². The summed E-state index contributed by atoms with van der Waals surface area (Å²) in [6.07, 6.45) is 3.44. The van der Waals surface area contributed by atoms with E-state index >= 15 is 0 Å². The van der Waals surface area contributed by atoms with Gasteiger partial charge in [-0.1, -0.05) is 15.9 Å². The number of nitrogens with two attached hydrogens (primary N) is 1. The number of nitrogens with zero attached hydrogens (tertiary/aromatic N) is 2. The van der Waals surface area contributed by atoms with Gasteiger partial charge in [-0.25, -0.2) is 4.39 Å². The third kappa shape index (κ3) is 3.48. The lowest BCUT2D eigenvalue weighted by molar-refractivity contribution is -0.123. The molecule has 1 atom stereocenters. The summed E-state index contributed by atoms with van der Waals surface area (Å²) in [5, 5.41) is 0.415. The van der Waals surface area contributed by atoms with Crippen molar-refractivity contribution in [1.29, 1.82) is 0 Å². The maximum Gasteiger partial charge on any atom is 0.270 e. The highest BCUT2D eigenvalue weighted by molar-refractivity contribution is 9.10. The van der Waals surface area contributed by atoms with Crippen molar-refractivity contribution in [2.45, 2.75) is 37.8 Å². The van der Waals surface area contributed by atoms with E-state index in [1.54, 1.807) is 17.0 Å². The summed E-state index contributed by atoms with van der Waals surface area (Å²) in [5.41, 5.74) is 6.52. The molecule has 2 aromatic rings. The van der Waals surface area contributed by atoms with E-state index in [1.165, 1.54) is 6.07 Å². The van der Waals surface area contributed by atoms with Gasteiger partial charge in [-0.15, -0.1) is 0 Å². The number of hydrogen-bond donors (Lipinski definition) is 2. The maximum absolute atomic E-state index is 14.1. The molecule has 4 rings (SSSR count). The minimum absolute atomic E-state index is 0.118. The number of aromatic nitrogens is 1. The molecule has 1 aromatic heterocycles. The van der Waals surface area contributed by atoms with Gasteiger partial charge in [0.15, 0.2) is 0 Å². The molecule has 0 aliphatic carbocycles. The molecule has 1 aromatic carbocycles. The number of amides is 2. The number of halogens is 2. The summed E-state index contributed by atoms with van der Waals surface area (Å²) in [4.78, 5) is 31.5. The Balaban J connectivity index is 1.44. The molecule has 0 spiro atoms. The first-order valence-electron chi connectivity index (χ1n) is 9.26. The lowest BCUT2D eigenvalue weighted by Crippen LogP contribution is -2.51. The van der Waals surface area contributed by atoms with Crippen molar-refractivity contribution >= 4 is 38.6 Å². The highest BCUT2D eigenvalue weighted by Crippen LogP contribution is 2.28. The normalized spacial score (nSPS) is 21.9. The predicted molar refractivity (Wildman–Crippen MR) is 104 cm³/mol. The van der Waals surface area contributed by atoms with Gasteiger partial charge in [0.05, 0.1) is 11.6 Å². The van der Waals surface area contributed by atoms with E-state index in [-0.39, 0.29) is 29.7 Å². The summed E-state index contributed by atoms with van der Waals surface area (Å²) in [6.45, 7) is 2.13. The van der Waals surface area contributed by atoms with Crippen LogP contribution in [0, 0.1) is 5.82 Å². The zero-order valence-corrected chi connectivity index (χ0v) is 16.5. The lowest BCUT2D eigenvalue weighted by Gasteiger charge is -2.38. The van der Waals surface area contributed by atoms with Gasteiger partial charge in [0.1, 0.15) is 11.5 Å². The van der Waals surface area contributed by atoms with Gasteiger partial charge in [0.2, 0.25) is 5.91 Å². The molecule has 2 fully saturated rings. The smallest absolute Gasteiger partial charge is 0.270 e. The lowest BCUT2D eigenvalue weighted by atomic mass is 10.0. The fourth-order valence-electron chi connectivity index (χ4n) is 4.38. The molecule has 2 amide bonds. The maximum atomic E-state index is 14.1. The monoisotopic (exact) mass is 436 g/mol. The number of nitrogens with one attached hydrogen (secondary N) is 1. The largest absolute Gasteiger partial charge is 0.368 e. The SMILES string of the molecule is NC(=O)C1CCCN1C1CCN(C(=O)c2cc3c(F)cc(Br)cc3[nH]2)CC1. The van der Waals surface area contributed by atoms with Crippen molar-refractivity contribution < 1.29 is 14.0 Å². The molecule has 6 nitrogen and oxygen atoms in total. The van der Waals surface area contributed by atoms with E-state index in [2.05, 4.69) is 25.8 Å². The minimum Gasteiger partial charge on any atom is -0.368 e. The quantitative estimate of drug-likeness (QED) is 0.775. The molecule has 2 saturated heterocycles. The molecule has 0 bridgehead atoms. The van der Waals surface area contributed by atoms with Crippen molar-refractivity contribution in [3.63, 3.8) is 0 Å². The first-order chi connectivity index (χ1) is 12.9. The second-order valence-corrected chi connectivity index (χ2v) is 8.27. The minimum atomic E-state index is -0.361. The number of likely N-dealkylation sites (tertiary alicyclic amines) is 2. The van der Waals surface area contributed by atoms with Crippen LogP contribution in [0.3, 0.4) is 0 Å². The van der Waals surface area contributed by atoms with Gasteiger partial charge in [0, 0.05) is 29.0 Å². The molecule has 8 heteroatoms. The third-order valence-electron chi connectivity index (χ3n) is 5.73. The Morgan fingerprint density at radius 3 is 2.59 bits per heavy atom. The number of rotatable bonds is 3. The van der Waals surface area contributed by atoms with Crippen molar-refractivity contribution in [3.05, 3.63) is 34.2 Å². The number of fused-ring (bicyclic) bond motifs is 1. The molecule has 0 saturated carbocycles. The van der Waals surface area contributed by atoms with E-state index in [1.807, 2.05) is 0 Å². The van der Waals surface area contributed by atoms with E-state index in [0.29, 0.717) is 34.2 Å². The molecule has 2 aliphatic rings. The number of carbonyl (C=O) groups excluding carboxylic acids is 2. The zero-order chi connectivity index (χ0) is 19.1. The van der Waals surface area contributed by atoms with Crippen LogP contribution in [0.25, 0.3) is 10.9 Å². The third-order valence-corrected chi connectivity index (χ3v) is 6.18. The van der Waals surface area contributed by atoms with Crippen LogP contribution in [0.1, 0.15) is 36.2 Å². The van der Waals surface area contributed by atoms with Crippen molar-refractivity contribution in [3.8, 4) is 0 Å². The number of hydrogen-bond acceptors (Lipinski definition) is 3. The van der Waals surface area contributed by atoms with Crippen LogP contribution in [0.15, 0.2) is 22.7 Å². The van der Waals surface area contributed by atoms with Gasteiger partial charge >= 0.3 is 0 Å². The molecular weight excluding hydrogens is 415 g/mol. The number of primary amides is 1. The fraction of sp³-hybridized carbons (Fsp3) is 0.474. The highest BCUT2D eigenvalue weighted by atomic mass is 79.9. The molecular formula is C19H22BrFN4O2. The molecule has 3 heterocycles. The molecule has 0 radical (unpaired) electrons. The molecule has 1 unspecified atom stereocenters. The second kappa shape index (κ2) is 7.24. The second-order valence-electron chi connectivity index (χ2n) is 7.35. The molecule has 3 N–H and O–H groups in total. The molecule has 144 valence electrons.